The second-order valence-corrected chi connectivity index (χ2v) is 6.14. The highest BCUT2D eigenvalue weighted by atomic mass is 16.4. The number of hydrogen-bond acceptors (Lipinski definition) is 2. The summed E-state index contributed by atoms with van der Waals surface area (Å²) in [6.45, 7) is 0. The van der Waals surface area contributed by atoms with Crippen LogP contribution in [0, 0.1) is 0 Å². The van der Waals surface area contributed by atoms with Gasteiger partial charge in [-0.05, 0) is 37.3 Å². The third-order valence-corrected chi connectivity index (χ3v) is 4.55. The Morgan fingerprint density at radius 3 is 2.91 bits per heavy atom. The number of hydrogen-bond donors (Lipinski definition) is 2. The van der Waals surface area contributed by atoms with Crippen molar-refractivity contribution in [1.29, 1.82) is 0 Å². The molecular formula is C18H21NO3. The number of aliphatic carboxylic acids is 1. The molecule has 2 aromatic rings. The van der Waals surface area contributed by atoms with Crippen LogP contribution >= 0.6 is 0 Å². The maximum atomic E-state index is 11.8. The van der Waals surface area contributed by atoms with Crippen molar-refractivity contribution in [2.24, 2.45) is 0 Å². The van der Waals surface area contributed by atoms with Gasteiger partial charge in [0.1, 0.15) is 5.78 Å². The van der Waals surface area contributed by atoms with Crippen LogP contribution in [-0.4, -0.2) is 21.8 Å². The molecule has 1 saturated carbocycles. The lowest BCUT2D eigenvalue weighted by atomic mass is 9.84. The van der Waals surface area contributed by atoms with Crippen molar-refractivity contribution in [3.63, 3.8) is 0 Å². The van der Waals surface area contributed by atoms with Crippen LogP contribution in [0.3, 0.4) is 0 Å². The van der Waals surface area contributed by atoms with Gasteiger partial charge in [0, 0.05) is 41.8 Å². The molecule has 1 aromatic heterocycles. The van der Waals surface area contributed by atoms with Gasteiger partial charge in [-0.3, -0.25) is 9.59 Å². The first-order chi connectivity index (χ1) is 10.6. The summed E-state index contributed by atoms with van der Waals surface area (Å²) in [5.41, 5.74) is 3.44. The topological polar surface area (TPSA) is 70.2 Å². The first kappa shape index (κ1) is 14.8. The lowest BCUT2D eigenvalue weighted by molar-refractivity contribution is -0.137. The molecule has 3 rings (SSSR count). The first-order valence-electron chi connectivity index (χ1n) is 7.98. The van der Waals surface area contributed by atoms with Crippen molar-refractivity contribution in [2.45, 2.75) is 50.9 Å². The number of para-hydroxylation sites is 1. The van der Waals surface area contributed by atoms with E-state index in [0.29, 0.717) is 25.0 Å². The molecule has 22 heavy (non-hydrogen) atoms. The van der Waals surface area contributed by atoms with E-state index in [0.717, 1.165) is 30.5 Å². The Hall–Kier alpha value is -2.10. The van der Waals surface area contributed by atoms with Gasteiger partial charge < -0.3 is 10.1 Å². The predicted octanol–water partition coefficient (Wildman–Crippen LogP) is 3.80. The Bertz CT molecular complexity index is 701. The average Bonchev–Trinajstić information content (AvgIpc) is 2.86. The Labute approximate surface area is 129 Å². The summed E-state index contributed by atoms with van der Waals surface area (Å²) in [5.74, 6) is -0.158. The van der Waals surface area contributed by atoms with E-state index in [-0.39, 0.29) is 12.3 Å². The number of H-pyrrole nitrogens is 1. The van der Waals surface area contributed by atoms with E-state index >= 15 is 0 Å². The second-order valence-electron chi connectivity index (χ2n) is 6.14. The highest BCUT2D eigenvalue weighted by Crippen LogP contribution is 2.36. The quantitative estimate of drug-likeness (QED) is 0.882. The monoisotopic (exact) mass is 299 g/mol. The zero-order valence-corrected chi connectivity index (χ0v) is 12.6. The molecule has 0 radical (unpaired) electrons. The number of nitrogens with one attached hydrogen (secondary N) is 1. The number of carboxylic acid groups (broad SMARTS) is 1. The van der Waals surface area contributed by atoms with Gasteiger partial charge in [0.2, 0.25) is 0 Å². The van der Waals surface area contributed by atoms with Crippen molar-refractivity contribution < 1.29 is 14.7 Å². The van der Waals surface area contributed by atoms with Crippen molar-refractivity contribution in [2.75, 3.05) is 0 Å². The van der Waals surface area contributed by atoms with Crippen LogP contribution in [0.2, 0.25) is 0 Å². The predicted molar refractivity (Wildman–Crippen MR) is 85.1 cm³/mol. The van der Waals surface area contributed by atoms with Gasteiger partial charge >= 0.3 is 5.97 Å². The minimum atomic E-state index is -0.755. The summed E-state index contributed by atoms with van der Waals surface area (Å²) < 4.78 is 0. The molecule has 1 unspecified atom stereocenters. The van der Waals surface area contributed by atoms with Crippen LogP contribution < -0.4 is 0 Å². The fourth-order valence-electron chi connectivity index (χ4n) is 3.53. The molecule has 4 heteroatoms. The summed E-state index contributed by atoms with van der Waals surface area (Å²) in [6, 6.07) is 8.13. The molecule has 4 nitrogen and oxygen atoms in total. The minimum Gasteiger partial charge on any atom is -0.481 e. The normalized spacial score (nSPS) is 18.7. The number of ketones is 1. The Morgan fingerprint density at radius 2 is 2.14 bits per heavy atom. The molecule has 0 amide bonds. The van der Waals surface area contributed by atoms with Crippen LogP contribution in [0.5, 0.6) is 0 Å². The Balaban J connectivity index is 1.93. The van der Waals surface area contributed by atoms with Crippen LogP contribution in [-0.2, 0) is 16.0 Å². The van der Waals surface area contributed by atoms with E-state index in [9.17, 15) is 9.59 Å². The smallest absolute Gasteiger partial charge is 0.303 e. The molecule has 1 aliphatic carbocycles. The average molecular weight is 299 g/mol. The number of fused-ring (bicyclic) bond motifs is 1. The van der Waals surface area contributed by atoms with Crippen molar-refractivity contribution in [3.8, 4) is 0 Å². The SMILES string of the molecule is O=C(O)CCCc1c(C2CCCC(=O)C2)[nH]c2ccccc12. The van der Waals surface area contributed by atoms with Gasteiger partial charge in [-0.1, -0.05) is 18.2 Å². The summed E-state index contributed by atoms with van der Waals surface area (Å²) in [6.07, 6.45) is 4.85. The van der Waals surface area contributed by atoms with Crippen LogP contribution in [0.1, 0.15) is 55.7 Å². The number of carbonyl (C=O) groups excluding carboxylic acids is 1. The second kappa shape index (κ2) is 6.34. The molecule has 0 aliphatic heterocycles. The number of aromatic amines is 1. The standard InChI is InChI=1S/C18H21NO3/c20-13-6-3-5-12(11-13)18-15(8-4-10-17(21)22)14-7-1-2-9-16(14)19-18/h1-2,7,9,12,19H,3-6,8,10-11H2,(H,21,22). The number of rotatable bonds is 5. The molecule has 1 fully saturated rings. The minimum absolute atomic E-state index is 0.183. The molecular weight excluding hydrogens is 278 g/mol. The molecule has 1 atom stereocenters. The lowest BCUT2D eigenvalue weighted by Gasteiger charge is -2.21. The molecule has 1 heterocycles. The Kier molecular flexibility index (Phi) is 4.27. The molecule has 0 spiro atoms. The van der Waals surface area contributed by atoms with E-state index in [1.54, 1.807) is 0 Å². The first-order valence-corrected chi connectivity index (χ1v) is 7.98. The fraction of sp³-hybridized carbons (Fsp3) is 0.444. The van der Waals surface area contributed by atoms with E-state index in [1.807, 2.05) is 18.2 Å². The molecule has 116 valence electrons. The highest BCUT2D eigenvalue weighted by Gasteiger charge is 2.25. The van der Waals surface area contributed by atoms with Crippen molar-refractivity contribution in [3.05, 3.63) is 35.5 Å². The van der Waals surface area contributed by atoms with Gasteiger partial charge in [-0.15, -0.1) is 0 Å². The van der Waals surface area contributed by atoms with Gasteiger partial charge in [0.15, 0.2) is 0 Å². The maximum absolute atomic E-state index is 11.8. The third kappa shape index (κ3) is 3.06. The highest BCUT2D eigenvalue weighted by molar-refractivity contribution is 5.86. The summed E-state index contributed by atoms with van der Waals surface area (Å²) in [5, 5.41) is 10.0. The molecule has 2 N–H and O–H groups in total. The fourth-order valence-corrected chi connectivity index (χ4v) is 3.53. The zero-order chi connectivity index (χ0) is 15.5. The van der Waals surface area contributed by atoms with Crippen LogP contribution in [0.4, 0.5) is 0 Å². The van der Waals surface area contributed by atoms with Crippen molar-refractivity contribution in [1.82, 2.24) is 4.98 Å². The maximum Gasteiger partial charge on any atom is 0.303 e. The molecule has 1 aliphatic rings. The third-order valence-electron chi connectivity index (χ3n) is 4.55. The molecule has 0 bridgehead atoms. The summed E-state index contributed by atoms with van der Waals surface area (Å²) in [7, 11) is 0. The van der Waals surface area contributed by atoms with Crippen LogP contribution in [0.15, 0.2) is 24.3 Å². The number of Topliss-reactive ketones (excluding diaryl/α,β-unsaturated/α-hetero) is 1. The number of aromatic nitrogens is 1. The Morgan fingerprint density at radius 1 is 1.32 bits per heavy atom. The number of carboxylic acids is 1. The lowest BCUT2D eigenvalue weighted by Crippen LogP contribution is -2.15. The van der Waals surface area contributed by atoms with E-state index in [4.69, 9.17) is 5.11 Å². The van der Waals surface area contributed by atoms with Gasteiger partial charge in [-0.25, -0.2) is 0 Å². The summed E-state index contributed by atoms with van der Waals surface area (Å²) in [4.78, 5) is 26.0. The van der Waals surface area contributed by atoms with Gasteiger partial charge in [-0.2, -0.15) is 0 Å². The van der Waals surface area contributed by atoms with Crippen molar-refractivity contribution >= 4 is 22.7 Å². The van der Waals surface area contributed by atoms with E-state index < -0.39 is 5.97 Å². The number of benzene rings is 1. The molecule has 1 aromatic carbocycles. The summed E-state index contributed by atoms with van der Waals surface area (Å²) >= 11 is 0. The van der Waals surface area contributed by atoms with E-state index in [2.05, 4.69) is 11.1 Å². The number of carbonyl (C=O) groups is 2. The molecule has 0 saturated heterocycles. The van der Waals surface area contributed by atoms with Gasteiger partial charge in [0.05, 0.1) is 0 Å². The van der Waals surface area contributed by atoms with E-state index in [1.165, 1.54) is 10.9 Å². The zero-order valence-electron chi connectivity index (χ0n) is 12.6. The largest absolute Gasteiger partial charge is 0.481 e. The number of aryl methyl sites for hydroxylation is 1. The van der Waals surface area contributed by atoms with Crippen LogP contribution in [0.25, 0.3) is 10.9 Å². The van der Waals surface area contributed by atoms with Gasteiger partial charge in [0.25, 0.3) is 0 Å².